The lowest BCUT2D eigenvalue weighted by atomic mass is 9.78. The molecule has 2 rings (SSSR count). The van der Waals surface area contributed by atoms with E-state index in [0.717, 1.165) is 39.3 Å². The summed E-state index contributed by atoms with van der Waals surface area (Å²) in [7, 11) is 1.81. The van der Waals surface area contributed by atoms with Gasteiger partial charge in [0.05, 0.1) is 12.7 Å². The van der Waals surface area contributed by atoms with Crippen molar-refractivity contribution in [1.82, 2.24) is 10.6 Å². The lowest BCUT2D eigenvalue weighted by Crippen LogP contribution is -2.54. The van der Waals surface area contributed by atoms with E-state index in [2.05, 4.69) is 24.5 Å². The van der Waals surface area contributed by atoms with Crippen LogP contribution in [0.15, 0.2) is 0 Å². The van der Waals surface area contributed by atoms with Crippen LogP contribution in [-0.2, 0) is 9.47 Å². The van der Waals surface area contributed by atoms with Crippen LogP contribution >= 0.6 is 0 Å². The summed E-state index contributed by atoms with van der Waals surface area (Å²) >= 11 is 0. The van der Waals surface area contributed by atoms with Gasteiger partial charge < -0.3 is 20.1 Å². The summed E-state index contributed by atoms with van der Waals surface area (Å²) in [6, 6.07) is 0. The molecule has 0 radical (unpaired) electrons. The van der Waals surface area contributed by atoms with E-state index in [1.165, 1.54) is 12.8 Å². The Labute approximate surface area is 111 Å². The van der Waals surface area contributed by atoms with Gasteiger partial charge in [-0.25, -0.2) is 0 Å². The van der Waals surface area contributed by atoms with Crippen molar-refractivity contribution in [2.45, 2.75) is 44.8 Å². The molecule has 0 aliphatic carbocycles. The van der Waals surface area contributed by atoms with E-state index >= 15 is 0 Å². The maximum atomic E-state index is 5.70. The first kappa shape index (κ1) is 14.3. The highest BCUT2D eigenvalue weighted by Crippen LogP contribution is 2.31. The molecule has 0 saturated carbocycles. The number of nitrogens with one attached hydrogen (secondary N) is 2. The van der Waals surface area contributed by atoms with Gasteiger partial charge >= 0.3 is 0 Å². The normalized spacial score (nSPS) is 35.8. The monoisotopic (exact) mass is 256 g/mol. The summed E-state index contributed by atoms with van der Waals surface area (Å²) in [5, 5.41) is 7.21. The average molecular weight is 256 g/mol. The van der Waals surface area contributed by atoms with Crippen molar-refractivity contribution in [2.75, 3.05) is 40.0 Å². The Morgan fingerprint density at radius 1 is 1.33 bits per heavy atom. The Morgan fingerprint density at radius 3 is 2.61 bits per heavy atom. The van der Waals surface area contributed by atoms with Gasteiger partial charge in [-0.15, -0.1) is 0 Å². The molecule has 0 aromatic heterocycles. The summed E-state index contributed by atoms with van der Waals surface area (Å²) in [5.41, 5.74) is 0.428. The number of methoxy groups -OCH3 is 1. The van der Waals surface area contributed by atoms with Gasteiger partial charge in [-0.2, -0.15) is 0 Å². The smallest absolute Gasteiger partial charge is 0.0726 e. The molecule has 0 spiro atoms. The third-order valence-electron chi connectivity index (χ3n) is 4.87. The standard InChI is InChI=1S/C14H28N2O2/c1-12-13(2,6-9-18-12)16-10-14(11-17-3)4-7-15-8-5-14/h12,15-16H,4-11H2,1-3H3. The Morgan fingerprint density at radius 2 is 2.06 bits per heavy atom. The fourth-order valence-electron chi connectivity index (χ4n) is 3.09. The molecule has 2 unspecified atom stereocenters. The molecule has 2 aliphatic heterocycles. The summed E-state index contributed by atoms with van der Waals surface area (Å²) in [5.74, 6) is 0. The molecule has 4 nitrogen and oxygen atoms in total. The Kier molecular flexibility index (Phi) is 4.64. The first-order valence-corrected chi connectivity index (χ1v) is 7.17. The molecule has 0 aromatic carbocycles. The molecule has 2 aliphatic rings. The van der Waals surface area contributed by atoms with Crippen LogP contribution in [-0.4, -0.2) is 51.6 Å². The summed E-state index contributed by atoms with van der Waals surface area (Å²) < 4.78 is 11.2. The second kappa shape index (κ2) is 5.87. The number of hydrogen-bond donors (Lipinski definition) is 2. The van der Waals surface area contributed by atoms with E-state index in [0.29, 0.717) is 11.5 Å². The lowest BCUT2D eigenvalue weighted by molar-refractivity contribution is 0.0373. The molecule has 4 heteroatoms. The van der Waals surface area contributed by atoms with Crippen molar-refractivity contribution in [2.24, 2.45) is 5.41 Å². The molecule has 106 valence electrons. The Bertz CT molecular complexity index is 261. The lowest BCUT2D eigenvalue weighted by Gasteiger charge is -2.40. The van der Waals surface area contributed by atoms with E-state index in [4.69, 9.17) is 9.47 Å². The minimum Gasteiger partial charge on any atom is -0.384 e. The zero-order chi connectivity index (χ0) is 13.1. The second-order valence-electron chi connectivity index (χ2n) is 6.22. The molecular weight excluding hydrogens is 228 g/mol. The van der Waals surface area contributed by atoms with Crippen LogP contribution in [0, 0.1) is 5.41 Å². The minimum atomic E-state index is 0.131. The highest BCUT2D eigenvalue weighted by molar-refractivity contribution is 4.96. The van der Waals surface area contributed by atoms with E-state index in [1.807, 2.05) is 7.11 Å². The third-order valence-corrected chi connectivity index (χ3v) is 4.87. The maximum absolute atomic E-state index is 5.70. The SMILES string of the molecule is COCC1(CNC2(C)CCOC2C)CCNCC1. The summed E-state index contributed by atoms with van der Waals surface area (Å²) in [4.78, 5) is 0. The minimum absolute atomic E-state index is 0.131. The molecule has 0 bridgehead atoms. The van der Waals surface area contributed by atoms with Crippen LogP contribution in [0.25, 0.3) is 0 Å². The highest BCUT2D eigenvalue weighted by atomic mass is 16.5. The summed E-state index contributed by atoms with van der Waals surface area (Å²) in [6.07, 6.45) is 3.80. The van der Waals surface area contributed by atoms with Crippen LogP contribution in [0.1, 0.15) is 33.1 Å². The number of piperidine rings is 1. The van der Waals surface area contributed by atoms with Crippen LogP contribution in [0.3, 0.4) is 0 Å². The zero-order valence-corrected chi connectivity index (χ0v) is 12.1. The molecule has 2 atom stereocenters. The number of ether oxygens (including phenoxy) is 2. The Hall–Kier alpha value is -0.160. The van der Waals surface area contributed by atoms with Gasteiger partial charge in [0.15, 0.2) is 0 Å². The van der Waals surface area contributed by atoms with Gasteiger partial charge in [0.1, 0.15) is 0 Å². The molecule has 0 aromatic rings. The maximum Gasteiger partial charge on any atom is 0.0726 e. The fraction of sp³-hybridized carbons (Fsp3) is 1.00. The van der Waals surface area contributed by atoms with Gasteiger partial charge in [0.25, 0.3) is 0 Å². The quantitative estimate of drug-likeness (QED) is 0.774. The van der Waals surface area contributed by atoms with Crippen molar-refractivity contribution < 1.29 is 9.47 Å². The molecule has 2 fully saturated rings. The Balaban J connectivity index is 1.92. The van der Waals surface area contributed by atoms with Gasteiger partial charge in [-0.1, -0.05) is 0 Å². The molecule has 2 heterocycles. The van der Waals surface area contributed by atoms with E-state index in [-0.39, 0.29) is 5.54 Å². The van der Waals surface area contributed by atoms with Gasteiger partial charge in [-0.05, 0) is 46.2 Å². The van der Waals surface area contributed by atoms with Crippen LogP contribution in [0.5, 0.6) is 0 Å². The van der Waals surface area contributed by atoms with Gasteiger partial charge in [-0.3, -0.25) is 0 Å². The second-order valence-corrected chi connectivity index (χ2v) is 6.22. The molecule has 0 amide bonds. The first-order chi connectivity index (χ1) is 8.60. The number of rotatable bonds is 5. The topological polar surface area (TPSA) is 42.5 Å². The van der Waals surface area contributed by atoms with Gasteiger partial charge in [0, 0.05) is 31.2 Å². The van der Waals surface area contributed by atoms with E-state index in [1.54, 1.807) is 0 Å². The zero-order valence-electron chi connectivity index (χ0n) is 12.1. The van der Waals surface area contributed by atoms with E-state index in [9.17, 15) is 0 Å². The number of hydrogen-bond acceptors (Lipinski definition) is 4. The van der Waals surface area contributed by atoms with Crippen LogP contribution in [0.2, 0.25) is 0 Å². The molecular formula is C14H28N2O2. The van der Waals surface area contributed by atoms with Gasteiger partial charge in [0.2, 0.25) is 0 Å². The largest absolute Gasteiger partial charge is 0.384 e. The average Bonchev–Trinajstić information content (AvgIpc) is 2.70. The van der Waals surface area contributed by atoms with Crippen molar-refractivity contribution in [3.05, 3.63) is 0 Å². The summed E-state index contributed by atoms with van der Waals surface area (Å²) in [6.45, 7) is 9.43. The third kappa shape index (κ3) is 3.05. The van der Waals surface area contributed by atoms with Crippen LogP contribution < -0.4 is 10.6 Å². The first-order valence-electron chi connectivity index (χ1n) is 7.17. The van der Waals surface area contributed by atoms with Crippen molar-refractivity contribution in [1.29, 1.82) is 0 Å². The van der Waals surface area contributed by atoms with Crippen LogP contribution in [0.4, 0.5) is 0 Å². The van der Waals surface area contributed by atoms with Crippen molar-refractivity contribution in [3.8, 4) is 0 Å². The van der Waals surface area contributed by atoms with E-state index < -0.39 is 0 Å². The van der Waals surface area contributed by atoms with Crippen molar-refractivity contribution >= 4 is 0 Å². The fourth-order valence-corrected chi connectivity index (χ4v) is 3.09. The highest BCUT2D eigenvalue weighted by Gasteiger charge is 2.40. The predicted octanol–water partition coefficient (Wildman–Crippen LogP) is 1.16. The van der Waals surface area contributed by atoms with Crippen molar-refractivity contribution in [3.63, 3.8) is 0 Å². The molecule has 2 saturated heterocycles. The molecule has 2 N–H and O–H groups in total. The molecule has 18 heavy (non-hydrogen) atoms. The predicted molar refractivity (Wildman–Crippen MR) is 72.9 cm³/mol.